The van der Waals surface area contributed by atoms with Gasteiger partial charge in [-0.1, -0.05) is 0 Å². The third-order valence-corrected chi connectivity index (χ3v) is 4.22. The van der Waals surface area contributed by atoms with E-state index in [9.17, 15) is 9.90 Å². The molecule has 4 saturated carbocycles. The van der Waals surface area contributed by atoms with Gasteiger partial charge in [0.15, 0.2) is 0 Å². The fraction of sp³-hybridized carbons (Fsp3) is 0.909. The standard InChI is InChI=1S/C11H16O2/c12-10(13)11-4-7-1-8(5-11)3-9(2-7)6-11/h7-9H,1-6H2,(H,12,13)/i7D. The van der Waals surface area contributed by atoms with Crippen LogP contribution >= 0.6 is 0 Å². The zero-order valence-electron chi connectivity index (χ0n) is 8.75. The third-order valence-electron chi connectivity index (χ3n) is 4.22. The van der Waals surface area contributed by atoms with Crippen molar-refractivity contribution in [3.8, 4) is 0 Å². The molecular formula is C11H16O2. The summed E-state index contributed by atoms with van der Waals surface area (Å²) in [6.07, 6.45) is 5.41. The lowest BCUT2D eigenvalue weighted by Gasteiger charge is -2.54. The Morgan fingerprint density at radius 2 is 1.85 bits per heavy atom. The number of aliphatic carboxylic acids is 1. The van der Waals surface area contributed by atoms with Crippen molar-refractivity contribution in [2.24, 2.45) is 23.1 Å². The monoisotopic (exact) mass is 181 g/mol. The lowest BCUT2D eigenvalue weighted by Crippen LogP contribution is -2.49. The van der Waals surface area contributed by atoms with Crippen LogP contribution in [0.2, 0.25) is 0 Å². The van der Waals surface area contributed by atoms with Crippen LogP contribution in [0.15, 0.2) is 0 Å². The molecule has 2 unspecified atom stereocenters. The molecule has 0 aromatic carbocycles. The minimum absolute atomic E-state index is 0.386. The highest BCUT2D eigenvalue weighted by molar-refractivity contribution is 5.75. The zero-order chi connectivity index (χ0) is 9.97. The van der Waals surface area contributed by atoms with Gasteiger partial charge in [0.25, 0.3) is 0 Å². The van der Waals surface area contributed by atoms with Gasteiger partial charge >= 0.3 is 5.97 Å². The average molecular weight is 181 g/mol. The molecule has 0 radical (unpaired) electrons. The highest BCUT2D eigenvalue weighted by Crippen LogP contribution is 2.59. The van der Waals surface area contributed by atoms with E-state index < -0.39 is 11.4 Å². The van der Waals surface area contributed by atoms with Crippen molar-refractivity contribution in [1.29, 1.82) is 0 Å². The Bertz CT molecular complexity index is 286. The van der Waals surface area contributed by atoms with Crippen molar-refractivity contribution < 1.29 is 11.3 Å². The lowest BCUT2D eigenvalue weighted by molar-refractivity contribution is -0.164. The van der Waals surface area contributed by atoms with E-state index >= 15 is 0 Å². The van der Waals surface area contributed by atoms with Gasteiger partial charge in [-0.2, -0.15) is 0 Å². The maximum absolute atomic E-state index is 11.3. The Labute approximate surface area is 79.7 Å². The zero-order valence-corrected chi connectivity index (χ0v) is 7.75. The molecule has 4 fully saturated rings. The van der Waals surface area contributed by atoms with Crippen LogP contribution in [0.3, 0.4) is 0 Å². The van der Waals surface area contributed by atoms with Crippen molar-refractivity contribution >= 4 is 5.97 Å². The van der Waals surface area contributed by atoms with Crippen molar-refractivity contribution in [2.45, 2.75) is 38.5 Å². The first kappa shape index (κ1) is 6.86. The van der Waals surface area contributed by atoms with Gasteiger partial charge < -0.3 is 5.11 Å². The summed E-state index contributed by atoms with van der Waals surface area (Å²) in [4.78, 5) is 11.3. The summed E-state index contributed by atoms with van der Waals surface area (Å²) < 4.78 is 8.27. The topological polar surface area (TPSA) is 37.3 Å². The molecule has 72 valence electrons. The quantitative estimate of drug-likeness (QED) is 0.674. The van der Waals surface area contributed by atoms with Gasteiger partial charge in [-0.15, -0.1) is 0 Å². The molecule has 0 spiro atoms. The summed E-state index contributed by atoms with van der Waals surface area (Å²) in [6.45, 7) is 0. The van der Waals surface area contributed by atoms with Gasteiger partial charge in [-0.3, -0.25) is 4.79 Å². The Balaban J connectivity index is 2.00. The van der Waals surface area contributed by atoms with Gasteiger partial charge in [0.1, 0.15) is 0 Å². The molecule has 4 aliphatic rings. The van der Waals surface area contributed by atoms with E-state index in [1.54, 1.807) is 0 Å². The van der Waals surface area contributed by atoms with E-state index in [0.717, 1.165) is 25.7 Å². The highest BCUT2D eigenvalue weighted by atomic mass is 16.4. The van der Waals surface area contributed by atoms with Crippen LogP contribution in [-0.2, 0) is 4.79 Å². The van der Waals surface area contributed by atoms with Crippen LogP contribution in [0.5, 0.6) is 0 Å². The van der Waals surface area contributed by atoms with Gasteiger partial charge in [-0.05, 0) is 56.3 Å². The molecule has 0 aromatic heterocycles. The highest BCUT2D eigenvalue weighted by Gasteiger charge is 2.54. The van der Waals surface area contributed by atoms with Gasteiger partial charge in [0, 0.05) is 1.37 Å². The second-order valence-corrected chi connectivity index (χ2v) is 5.30. The Morgan fingerprint density at radius 3 is 2.31 bits per heavy atom. The number of rotatable bonds is 1. The van der Waals surface area contributed by atoms with Crippen LogP contribution in [0.4, 0.5) is 0 Å². The van der Waals surface area contributed by atoms with Crippen molar-refractivity contribution in [1.82, 2.24) is 0 Å². The maximum atomic E-state index is 11.3. The third kappa shape index (κ3) is 0.976. The first-order chi connectivity index (χ1) is 6.51. The minimum atomic E-state index is -0.636. The van der Waals surface area contributed by atoms with Crippen LogP contribution in [-0.4, -0.2) is 11.1 Å². The second-order valence-electron chi connectivity index (χ2n) is 5.30. The molecule has 0 heterocycles. The summed E-state index contributed by atoms with van der Waals surface area (Å²) in [5.74, 6) is 0.0422. The molecule has 4 rings (SSSR count). The van der Waals surface area contributed by atoms with Crippen LogP contribution in [0.25, 0.3) is 0 Å². The summed E-state index contributed by atoms with van der Waals surface area (Å²) in [6, 6.07) is 0. The molecule has 2 atom stereocenters. The molecule has 4 bridgehead atoms. The van der Waals surface area contributed by atoms with Crippen molar-refractivity contribution in [3.05, 3.63) is 0 Å². The van der Waals surface area contributed by atoms with Gasteiger partial charge in [-0.25, -0.2) is 0 Å². The number of carboxylic acid groups (broad SMARTS) is 1. The molecule has 4 aliphatic carbocycles. The molecule has 0 aromatic rings. The molecule has 1 N–H and O–H groups in total. The van der Waals surface area contributed by atoms with Crippen LogP contribution < -0.4 is 0 Å². The first-order valence-corrected chi connectivity index (χ1v) is 5.25. The molecule has 0 amide bonds. The fourth-order valence-electron chi connectivity index (χ4n) is 4.05. The number of hydrogen-bond donors (Lipinski definition) is 1. The second kappa shape index (κ2) is 2.28. The summed E-state index contributed by atoms with van der Waals surface area (Å²) >= 11 is 0. The van der Waals surface area contributed by atoms with Crippen molar-refractivity contribution in [2.75, 3.05) is 0 Å². The Hall–Kier alpha value is -0.530. The number of carbonyl (C=O) groups is 1. The van der Waals surface area contributed by atoms with E-state index in [1.165, 1.54) is 6.42 Å². The predicted molar refractivity (Wildman–Crippen MR) is 48.2 cm³/mol. The summed E-state index contributed by atoms with van der Waals surface area (Å²) in [5.41, 5.74) is -0.508. The number of hydrogen-bond acceptors (Lipinski definition) is 1. The molecule has 0 aliphatic heterocycles. The van der Waals surface area contributed by atoms with E-state index in [2.05, 4.69) is 0 Å². The van der Waals surface area contributed by atoms with Gasteiger partial charge in [0.05, 0.1) is 5.41 Å². The average Bonchev–Trinajstić information content (AvgIpc) is 1.98. The SMILES string of the molecule is [2H]C12CC3CC(C1)CC(C(=O)O)(C3)C2. The van der Waals surface area contributed by atoms with Crippen LogP contribution in [0.1, 0.15) is 39.9 Å². The van der Waals surface area contributed by atoms with Crippen LogP contribution in [0, 0.1) is 23.1 Å². The maximum Gasteiger partial charge on any atom is 0.309 e. The van der Waals surface area contributed by atoms with E-state index in [0.29, 0.717) is 18.3 Å². The molecule has 13 heavy (non-hydrogen) atoms. The normalized spacial score (nSPS) is 59.2. The fourth-order valence-corrected chi connectivity index (χ4v) is 4.05. The predicted octanol–water partition coefficient (Wildman–Crippen LogP) is 2.29. The summed E-state index contributed by atoms with van der Waals surface area (Å²) in [7, 11) is 0. The Kier molecular flexibility index (Phi) is 1.20. The molecule has 2 heteroatoms. The Morgan fingerprint density at radius 1 is 1.23 bits per heavy atom. The van der Waals surface area contributed by atoms with Gasteiger partial charge in [0.2, 0.25) is 0 Å². The number of carboxylic acids is 1. The van der Waals surface area contributed by atoms with E-state index in [1.807, 2.05) is 0 Å². The van der Waals surface area contributed by atoms with E-state index in [4.69, 9.17) is 1.37 Å². The summed E-state index contributed by atoms with van der Waals surface area (Å²) in [5, 5.41) is 9.31. The van der Waals surface area contributed by atoms with Crippen molar-refractivity contribution in [3.63, 3.8) is 0 Å². The molecule has 0 saturated heterocycles. The molecule has 2 nitrogen and oxygen atoms in total. The minimum Gasteiger partial charge on any atom is -0.481 e. The first-order valence-electron chi connectivity index (χ1n) is 5.75. The van der Waals surface area contributed by atoms with E-state index in [-0.39, 0.29) is 5.89 Å². The largest absolute Gasteiger partial charge is 0.481 e. The molecular weight excluding hydrogens is 164 g/mol. The lowest BCUT2D eigenvalue weighted by atomic mass is 9.49. The smallest absolute Gasteiger partial charge is 0.309 e.